The van der Waals surface area contributed by atoms with Gasteiger partial charge in [-0.1, -0.05) is 11.6 Å². The summed E-state index contributed by atoms with van der Waals surface area (Å²) in [4.78, 5) is 14.9. The van der Waals surface area contributed by atoms with Crippen molar-refractivity contribution in [3.05, 3.63) is 51.2 Å². The number of anilines is 1. The van der Waals surface area contributed by atoms with Crippen LogP contribution in [0.2, 0.25) is 0 Å². The predicted octanol–water partition coefficient (Wildman–Crippen LogP) is 3.90. The lowest BCUT2D eigenvalue weighted by molar-refractivity contribution is 0.0941. The Labute approximate surface area is 124 Å². The molecule has 0 radical (unpaired) electrons. The number of carbonyl (C=O) groups excluding carboxylic acids is 1. The Balaban J connectivity index is 2.18. The zero-order valence-corrected chi connectivity index (χ0v) is 13.1. The maximum Gasteiger partial charge on any atom is 0.253 e. The van der Waals surface area contributed by atoms with Crippen molar-refractivity contribution < 1.29 is 4.79 Å². The van der Waals surface area contributed by atoms with Crippen molar-refractivity contribution in [2.45, 2.75) is 26.8 Å². The first-order chi connectivity index (χ1) is 9.51. The zero-order valence-electron chi connectivity index (χ0n) is 12.3. The van der Waals surface area contributed by atoms with E-state index in [1.54, 1.807) is 11.3 Å². The second kappa shape index (κ2) is 6.09. The minimum atomic E-state index is -0.0448. The van der Waals surface area contributed by atoms with Crippen LogP contribution in [-0.2, 0) is 0 Å². The number of thiophene rings is 1. The third kappa shape index (κ3) is 3.20. The molecule has 1 aromatic heterocycles. The molecule has 2 aromatic rings. The normalized spacial score (nSPS) is 12.0. The Kier molecular flexibility index (Phi) is 4.45. The number of aryl methyl sites for hydroxylation is 2. The smallest absolute Gasteiger partial charge is 0.253 e. The third-order valence-corrected chi connectivity index (χ3v) is 4.41. The van der Waals surface area contributed by atoms with Crippen LogP contribution < -0.4 is 10.6 Å². The summed E-state index contributed by atoms with van der Waals surface area (Å²) in [5.41, 5.74) is 2.61. The molecule has 0 aliphatic heterocycles. The van der Waals surface area contributed by atoms with Gasteiger partial charge in [0.05, 0.1) is 11.6 Å². The lowest BCUT2D eigenvalue weighted by Gasteiger charge is -2.15. The van der Waals surface area contributed by atoms with E-state index in [1.807, 2.05) is 39.1 Å². The predicted molar refractivity (Wildman–Crippen MR) is 85.7 cm³/mol. The van der Waals surface area contributed by atoms with Crippen LogP contribution in [0, 0.1) is 13.8 Å². The molecule has 2 rings (SSSR count). The van der Waals surface area contributed by atoms with Gasteiger partial charge in [-0.2, -0.15) is 0 Å². The summed E-state index contributed by atoms with van der Waals surface area (Å²) in [6.45, 7) is 6.07. The standard InChI is InChI=1S/C16H20N2OS/c1-10-5-7-14(17-4)13(9-10)16(19)18-12(3)15-8-6-11(2)20-15/h5-9,12,17H,1-4H3,(H,18,19). The van der Waals surface area contributed by atoms with Gasteiger partial charge in [0.2, 0.25) is 0 Å². The Morgan fingerprint density at radius 3 is 2.55 bits per heavy atom. The van der Waals surface area contributed by atoms with Gasteiger partial charge in [0.1, 0.15) is 0 Å². The molecule has 1 amide bonds. The van der Waals surface area contributed by atoms with Crippen molar-refractivity contribution in [1.29, 1.82) is 0 Å². The highest BCUT2D eigenvalue weighted by Crippen LogP contribution is 2.23. The molecule has 0 saturated heterocycles. The fraction of sp³-hybridized carbons (Fsp3) is 0.312. The molecule has 20 heavy (non-hydrogen) atoms. The van der Waals surface area contributed by atoms with Crippen LogP contribution in [0.15, 0.2) is 30.3 Å². The molecule has 4 heteroatoms. The molecule has 1 unspecified atom stereocenters. The fourth-order valence-corrected chi connectivity index (χ4v) is 2.98. The highest BCUT2D eigenvalue weighted by molar-refractivity contribution is 7.12. The second-order valence-electron chi connectivity index (χ2n) is 4.94. The highest BCUT2D eigenvalue weighted by Gasteiger charge is 2.15. The van der Waals surface area contributed by atoms with Crippen LogP contribution in [0.3, 0.4) is 0 Å². The van der Waals surface area contributed by atoms with Crippen molar-refractivity contribution in [3.63, 3.8) is 0 Å². The van der Waals surface area contributed by atoms with E-state index in [-0.39, 0.29) is 11.9 Å². The van der Waals surface area contributed by atoms with E-state index in [0.29, 0.717) is 5.56 Å². The average Bonchev–Trinajstić information content (AvgIpc) is 2.85. The number of carbonyl (C=O) groups is 1. The molecule has 0 aliphatic carbocycles. The average molecular weight is 288 g/mol. The molecule has 0 fully saturated rings. The van der Waals surface area contributed by atoms with Gasteiger partial charge in [-0.05, 0) is 45.0 Å². The van der Waals surface area contributed by atoms with Crippen LogP contribution in [0.1, 0.15) is 38.6 Å². The lowest BCUT2D eigenvalue weighted by Crippen LogP contribution is -2.26. The maximum atomic E-state index is 12.4. The van der Waals surface area contributed by atoms with E-state index in [2.05, 4.69) is 29.7 Å². The summed E-state index contributed by atoms with van der Waals surface area (Å²) >= 11 is 1.72. The summed E-state index contributed by atoms with van der Waals surface area (Å²) in [5, 5.41) is 6.12. The minimum Gasteiger partial charge on any atom is -0.387 e. The summed E-state index contributed by atoms with van der Waals surface area (Å²) in [6, 6.07) is 10.0. The van der Waals surface area contributed by atoms with Gasteiger partial charge < -0.3 is 10.6 Å². The van der Waals surface area contributed by atoms with Gasteiger partial charge in [0.25, 0.3) is 5.91 Å². The molecule has 0 aliphatic rings. The second-order valence-corrected chi connectivity index (χ2v) is 6.26. The van der Waals surface area contributed by atoms with Gasteiger partial charge in [-0.15, -0.1) is 11.3 Å². The van der Waals surface area contributed by atoms with E-state index >= 15 is 0 Å². The largest absolute Gasteiger partial charge is 0.387 e. The monoisotopic (exact) mass is 288 g/mol. The lowest BCUT2D eigenvalue weighted by atomic mass is 10.1. The number of hydrogen-bond acceptors (Lipinski definition) is 3. The van der Waals surface area contributed by atoms with E-state index in [4.69, 9.17) is 0 Å². The molecule has 3 nitrogen and oxygen atoms in total. The van der Waals surface area contributed by atoms with Crippen molar-refractivity contribution in [2.75, 3.05) is 12.4 Å². The quantitative estimate of drug-likeness (QED) is 0.896. The summed E-state index contributed by atoms with van der Waals surface area (Å²) < 4.78 is 0. The van der Waals surface area contributed by atoms with E-state index in [9.17, 15) is 4.79 Å². The molecule has 1 atom stereocenters. The number of nitrogens with one attached hydrogen (secondary N) is 2. The van der Waals surface area contributed by atoms with Crippen LogP contribution in [0.5, 0.6) is 0 Å². The SMILES string of the molecule is CNc1ccc(C)cc1C(=O)NC(C)c1ccc(C)s1. The van der Waals surface area contributed by atoms with Crippen LogP contribution in [-0.4, -0.2) is 13.0 Å². The fourth-order valence-electron chi connectivity index (χ4n) is 2.10. The maximum absolute atomic E-state index is 12.4. The Bertz CT molecular complexity index is 619. The number of amides is 1. The number of hydrogen-bond donors (Lipinski definition) is 2. The molecular formula is C16H20N2OS. The summed E-state index contributed by atoms with van der Waals surface area (Å²) in [7, 11) is 1.83. The van der Waals surface area contributed by atoms with E-state index in [0.717, 1.165) is 11.3 Å². The topological polar surface area (TPSA) is 41.1 Å². The molecule has 0 spiro atoms. The molecular weight excluding hydrogens is 268 g/mol. The molecule has 0 bridgehead atoms. The van der Waals surface area contributed by atoms with E-state index < -0.39 is 0 Å². The number of rotatable bonds is 4. The highest BCUT2D eigenvalue weighted by atomic mass is 32.1. The molecule has 2 N–H and O–H groups in total. The molecule has 0 saturated carbocycles. The molecule has 1 aromatic carbocycles. The van der Waals surface area contributed by atoms with Gasteiger partial charge >= 0.3 is 0 Å². The Morgan fingerprint density at radius 2 is 1.95 bits per heavy atom. The first-order valence-electron chi connectivity index (χ1n) is 6.67. The van der Waals surface area contributed by atoms with Crippen LogP contribution in [0.4, 0.5) is 5.69 Å². The molecule has 106 valence electrons. The Morgan fingerprint density at radius 1 is 1.20 bits per heavy atom. The third-order valence-electron chi connectivity index (χ3n) is 3.22. The van der Waals surface area contributed by atoms with Gasteiger partial charge in [0, 0.05) is 22.5 Å². The van der Waals surface area contributed by atoms with Crippen molar-refractivity contribution in [1.82, 2.24) is 5.32 Å². The number of benzene rings is 1. The minimum absolute atomic E-state index is 0.0198. The van der Waals surface area contributed by atoms with Gasteiger partial charge in [-0.3, -0.25) is 4.79 Å². The van der Waals surface area contributed by atoms with Crippen molar-refractivity contribution in [2.24, 2.45) is 0 Å². The summed E-state index contributed by atoms with van der Waals surface area (Å²) in [6.07, 6.45) is 0. The van der Waals surface area contributed by atoms with Crippen molar-refractivity contribution in [3.8, 4) is 0 Å². The Hall–Kier alpha value is -1.81. The zero-order chi connectivity index (χ0) is 14.7. The first-order valence-corrected chi connectivity index (χ1v) is 7.48. The molecule has 1 heterocycles. The van der Waals surface area contributed by atoms with Gasteiger partial charge in [-0.25, -0.2) is 0 Å². The van der Waals surface area contributed by atoms with Gasteiger partial charge in [0.15, 0.2) is 0 Å². The summed E-state index contributed by atoms with van der Waals surface area (Å²) in [5.74, 6) is -0.0448. The van der Waals surface area contributed by atoms with E-state index in [1.165, 1.54) is 9.75 Å². The van der Waals surface area contributed by atoms with Crippen molar-refractivity contribution >= 4 is 22.9 Å². The first kappa shape index (κ1) is 14.6. The van der Waals surface area contributed by atoms with Crippen LogP contribution >= 0.6 is 11.3 Å². The van der Waals surface area contributed by atoms with Crippen LogP contribution in [0.25, 0.3) is 0 Å².